The summed E-state index contributed by atoms with van der Waals surface area (Å²) in [6, 6.07) is 5.24. The van der Waals surface area contributed by atoms with E-state index in [1.165, 1.54) is 0 Å². The van der Waals surface area contributed by atoms with E-state index >= 15 is 0 Å². The minimum absolute atomic E-state index is 0.301. The maximum atomic E-state index is 12.3. The lowest BCUT2D eigenvalue weighted by atomic mass is 10.1. The number of nitrogens with two attached hydrogens (primary N) is 1. The van der Waals surface area contributed by atoms with Crippen molar-refractivity contribution in [3.05, 3.63) is 45.6 Å². The number of nitrogen functional groups attached to an aromatic ring is 1. The summed E-state index contributed by atoms with van der Waals surface area (Å²) in [4.78, 5) is 0.317. The zero-order chi connectivity index (χ0) is 14.0. The van der Waals surface area contributed by atoms with Crippen LogP contribution in [0.3, 0.4) is 0 Å². The number of rotatable bonds is 4. The van der Waals surface area contributed by atoms with Crippen molar-refractivity contribution in [3.63, 3.8) is 0 Å². The molecule has 0 atom stereocenters. The Morgan fingerprint density at radius 2 is 1.89 bits per heavy atom. The predicted molar refractivity (Wildman–Crippen MR) is 78.7 cm³/mol. The van der Waals surface area contributed by atoms with Crippen molar-refractivity contribution in [2.24, 2.45) is 0 Å². The van der Waals surface area contributed by atoms with Gasteiger partial charge < -0.3 is 5.73 Å². The molecule has 0 unspecified atom stereocenters. The predicted octanol–water partition coefficient (Wildman–Crippen LogP) is 2.43. The van der Waals surface area contributed by atoms with E-state index in [1.54, 1.807) is 37.3 Å². The average Bonchev–Trinajstić information content (AvgIpc) is 2.77. The summed E-state index contributed by atoms with van der Waals surface area (Å²) in [5.74, 6) is 0. The van der Waals surface area contributed by atoms with Crippen molar-refractivity contribution >= 4 is 27.0 Å². The second kappa shape index (κ2) is 5.32. The van der Waals surface area contributed by atoms with Gasteiger partial charge in [0.05, 0.1) is 4.90 Å². The monoisotopic (exact) mass is 296 g/mol. The van der Waals surface area contributed by atoms with Crippen LogP contribution in [-0.2, 0) is 16.6 Å². The van der Waals surface area contributed by atoms with Crippen LogP contribution in [0.15, 0.2) is 33.9 Å². The molecule has 0 amide bonds. The maximum absolute atomic E-state index is 12.3. The van der Waals surface area contributed by atoms with E-state index in [9.17, 15) is 8.42 Å². The highest BCUT2D eigenvalue weighted by molar-refractivity contribution is 7.89. The third-order valence-corrected chi connectivity index (χ3v) is 5.24. The number of sulfonamides is 1. The molecule has 2 aromatic rings. The molecule has 102 valence electrons. The number of thiophene rings is 1. The van der Waals surface area contributed by atoms with Crippen molar-refractivity contribution in [1.29, 1.82) is 0 Å². The molecule has 2 rings (SSSR count). The highest BCUT2D eigenvalue weighted by Crippen LogP contribution is 2.23. The van der Waals surface area contributed by atoms with Gasteiger partial charge in [0, 0.05) is 12.2 Å². The van der Waals surface area contributed by atoms with Gasteiger partial charge in [-0.15, -0.1) is 0 Å². The van der Waals surface area contributed by atoms with Crippen LogP contribution < -0.4 is 10.5 Å². The highest BCUT2D eigenvalue weighted by Gasteiger charge is 2.19. The Hall–Kier alpha value is -1.37. The van der Waals surface area contributed by atoms with E-state index in [1.807, 2.05) is 16.8 Å². The van der Waals surface area contributed by atoms with E-state index in [4.69, 9.17) is 5.73 Å². The standard InChI is InChI=1S/C13H16N2O2S2/c1-9-5-12(14)6-10(2)13(9)19(16,17)15-7-11-3-4-18-8-11/h3-6,8,15H,7,14H2,1-2H3. The normalized spacial score (nSPS) is 11.7. The van der Waals surface area contributed by atoms with Gasteiger partial charge in [-0.3, -0.25) is 0 Å². The van der Waals surface area contributed by atoms with Crippen LogP contribution >= 0.6 is 11.3 Å². The number of benzene rings is 1. The molecule has 19 heavy (non-hydrogen) atoms. The molecule has 0 aliphatic heterocycles. The van der Waals surface area contributed by atoms with Gasteiger partial charge in [-0.05, 0) is 59.5 Å². The van der Waals surface area contributed by atoms with Crippen molar-refractivity contribution in [3.8, 4) is 0 Å². The summed E-state index contributed by atoms with van der Waals surface area (Å²) in [6.07, 6.45) is 0. The molecule has 0 spiro atoms. The molecule has 1 aromatic heterocycles. The van der Waals surface area contributed by atoms with E-state index in [2.05, 4.69) is 4.72 Å². The topological polar surface area (TPSA) is 72.2 Å². The Kier molecular flexibility index (Phi) is 3.93. The molecule has 1 heterocycles. The van der Waals surface area contributed by atoms with Gasteiger partial charge >= 0.3 is 0 Å². The van der Waals surface area contributed by atoms with Crippen molar-refractivity contribution in [1.82, 2.24) is 4.72 Å². The molecule has 0 radical (unpaired) electrons. The van der Waals surface area contributed by atoms with E-state index in [0.29, 0.717) is 28.3 Å². The summed E-state index contributed by atoms with van der Waals surface area (Å²) in [6.45, 7) is 3.81. The summed E-state index contributed by atoms with van der Waals surface area (Å²) in [7, 11) is -3.52. The number of aryl methyl sites for hydroxylation is 2. The molecule has 4 nitrogen and oxygen atoms in total. The van der Waals surface area contributed by atoms with Gasteiger partial charge in [-0.25, -0.2) is 13.1 Å². The third-order valence-electron chi connectivity index (χ3n) is 2.80. The summed E-state index contributed by atoms with van der Waals surface area (Å²) < 4.78 is 27.3. The first kappa shape index (κ1) is 14.0. The van der Waals surface area contributed by atoms with E-state index in [0.717, 1.165) is 5.56 Å². The number of nitrogens with one attached hydrogen (secondary N) is 1. The van der Waals surface area contributed by atoms with Gasteiger partial charge in [-0.2, -0.15) is 11.3 Å². The Bertz CT molecular complexity index is 654. The lowest BCUT2D eigenvalue weighted by Crippen LogP contribution is -2.24. The summed E-state index contributed by atoms with van der Waals surface area (Å²) >= 11 is 1.54. The first-order valence-corrected chi connectivity index (χ1v) is 8.20. The second-order valence-electron chi connectivity index (χ2n) is 4.44. The Labute approximate surface area is 117 Å². The van der Waals surface area contributed by atoms with Gasteiger partial charge in [0.1, 0.15) is 0 Å². The molecule has 0 bridgehead atoms. The zero-order valence-electron chi connectivity index (χ0n) is 10.8. The molecule has 1 aromatic carbocycles. The molecule has 0 aliphatic carbocycles. The molecular weight excluding hydrogens is 280 g/mol. The van der Waals surface area contributed by atoms with Gasteiger partial charge in [-0.1, -0.05) is 0 Å². The van der Waals surface area contributed by atoms with Crippen LogP contribution in [0.25, 0.3) is 0 Å². The zero-order valence-corrected chi connectivity index (χ0v) is 12.4. The molecular formula is C13H16N2O2S2. The Morgan fingerprint density at radius 1 is 1.26 bits per heavy atom. The number of anilines is 1. The third kappa shape index (κ3) is 3.15. The minimum atomic E-state index is -3.52. The SMILES string of the molecule is Cc1cc(N)cc(C)c1S(=O)(=O)NCc1ccsc1. The molecule has 0 fully saturated rings. The van der Waals surface area contributed by atoms with Gasteiger partial charge in [0.15, 0.2) is 0 Å². The van der Waals surface area contributed by atoms with Gasteiger partial charge in [0.25, 0.3) is 0 Å². The number of hydrogen-bond donors (Lipinski definition) is 2. The lowest BCUT2D eigenvalue weighted by Gasteiger charge is -2.12. The molecule has 3 N–H and O–H groups in total. The van der Waals surface area contributed by atoms with Crippen molar-refractivity contribution in [2.45, 2.75) is 25.3 Å². The van der Waals surface area contributed by atoms with Crippen LogP contribution in [0, 0.1) is 13.8 Å². The van der Waals surface area contributed by atoms with Crippen molar-refractivity contribution in [2.75, 3.05) is 5.73 Å². The van der Waals surface area contributed by atoms with Crippen LogP contribution in [0.2, 0.25) is 0 Å². The Balaban J connectivity index is 2.29. The van der Waals surface area contributed by atoms with Crippen molar-refractivity contribution < 1.29 is 8.42 Å². The lowest BCUT2D eigenvalue weighted by molar-refractivity contribution is 0.580. The fourth-order valence-electron chi connectivity index (χ4n) is 2.05. The first-order chi connectivity index (χ1) is 8.90. The molecule has 6 heteroatoms. The van der Waals surface area contributed by atoms with E-state index < -0.39 is 10.0 Å². The quantitative estimate of drug-likeness (QED) is 0.851. The summed E-state index contributed by atoms with van der Waals surface area (Å²) in [5.41, 5.74) is 8.57. The molecule has 0 saturated carbocycles. The maximum Gasteiger partial charge on any atom is 0.241 e. The minimum Gasteiger partial charge on any atom is -0.399 e. The van der Waals surface area contributed by atoms with Crippen LogP contribution in [0.5, 0.6) is 0 Å². The fraction of sp³-hybridized carbons (Fsp3) is 0.231. The molecule has 0 aliphatic rings. The fourth-order valence-corrected chi connectivity index (χ4v) is 4.19. The highest BCUT2D eigenvalue weighted by atomic mass is 32.2. The average molecular weight is 296 g/mol. The second-order valence-corrected chi connectivity index (χ2v) is 6.92. The summed E-state index contributed by atoms with van der Waals surface area (Å²) in [5, 5.41) is 3.84. The largest absolute Gasteiger partial charge is 0.399 e. The van der Waals surface area contributed by atoms with Crippen LogP contribution in [-0.4, -0.2) is 8.42 Å². The van der Waals surface area contributed by atoms with Crippen LogP contribution in [0.1, 0.15) is 16.7 Å². The first-order valence-electron chi connectivity index (χ1n) is 5.77. The Morgan fingerprint density at radius 3 is 2.42 bits per heavy atom. The molecule has 0 saturated heterocycles. The smallest absolute Gasteiger partial charge is 0.241 e. The van der Waals surface area contributed by atoms with Crippen LogP contribution in [0.4, 0.5) is 5.69 Å². The van der Waals surface area contributed by atoms with E-state index in [-0.39, 0.29) is 0 Å². The number of hydrogen-bond acceptors (Lipinski definition) is 4. The van der Waals surface area contributed by atoms with Gasteiger partial charge in [0.2, 0.25) is 10.0 Å².